The molecular formula is C11H14F2N2O. The summed E-state index contributed by atoms with van der Waals surface area (Å²) in [5.74, 6) is -0.948. The van der Waals surface area contributed by atoms with E-state index in [0.29, 0.717) is 5.92 Å². The number of nitrogens with zero attached hydrogens (tertiary/aromatic N) is 1. The van der Waals surface area contributed by atoms with E-state index in [1.165, 1.54) is 0 Å². The van der Waals surface area contributed by atoms with Gasteiger partial charge in [0.1, 0.15) is 11.9 Å². The number of pyridine rings is 1. The summed E-state index contributed by atoms with van der Waals surface area (Å²) in [6.45, 7) is 0.944. The third-order valence-electron chi connectivity index (χ3n) is 2.74. The van der Waals surface area contributed by atoms with E-state index in [1.54, 1.807) is 0 Å². The lowest BCUT2D eigenvalue weighted by molar-refractivity contribution is 0.0576. The Labute approximate surface area is 92.8 Å². The molecule has 1 N–H and O–H groups in total. The molecule has 3 nitrogen and oxygen atoms in total. The Balaban J connectivity index is 1.87. The zero-order valence-corrected chi connectivity index (χ0v) is 9.04. The first-order valence-corrected chi connectivity index (χ1v) is 5.31. The van der Waals surface area contributed by atoms with Gasteiger partial charge in [0.15, 0.2) is 5.82 Å². The minimum absolute atomic E-state index is 0.00538. The number of hydrogen-bond donors (Lipinski definition) is 1. The second kappa shape index (κ2) is 4.74. The number of ether oxygens (including phenoxy) is 1. The van der Waals surface area contributed by atoms with Gasteiger partial charge in [-0.15, -0.1) is 0 Å². The van der Waals surface area contributed by atoms with Crippen LogP contribution in [0.1, 0.15) is 12.8 Å². The molecule has 0 bridgehead atoms. The fourth-order valence-corrected chi connectivity index (χ4v) is 1.87. The Hall–Kier alpha value is -1.23. The van der Waals surface area contributed by atoms with Crippen LogP contribution in [0, 0.1) is 17.6 Å². The Bertz CT molecular complexity index is 367. The van der Waals surface area contributed by atoms with Crippen molar-refractivity contribution in [3.8, 4) is 5.88 Å². The molecule has 0 aromatic carbocycles. The van der Waals surface area contributed by atoms with Crippen LogP contribution in [0.4, 0.5) is 8.78 Å². The maximum Gasteiger partial charge on any atom is 0.250 e. The summed E-state index contributed by atoms with van der Waals surface area (Å²) in [6, 6.07) is 0.784. The lowest BCUT2D eigenvalue weighted by atomic mass is 9.82. The molecule has 0 unspecified atom stereocenters. The molecule has 2 rings (SSSR count). The van der Waals surface area contributed by atoms with E-state index < -0.39 is 11.6 Å². The van der Waals surface area contributed by atoms with Crippen LogP contribution in [0.25, 0.3) is 0 Å². The molecule has 88 valence electrons. The molecule has 1 aliphatic carbocycles. The van der Waals surface area contributed by atoms with Crippen LogP contribution in [-0.2, 0) is 0 Å². The van der Waals surface area contributed by atoms with Gasteiger partial charge in [-0.25, -0.2) is 13.8 Å². The highest BCUT2D eigenvalue weighted by Crippen LogP contribution is 2.30. The molecule has 1 heterocycles. The van der Waals surface area contributed by atoms with Crippen LogP contribution in [0.2, 0.25) is 0 Å². The molecule has 1 aromatic heterocycles. The fourth-order valence-electron chi connectivity index (χ4n) is 1.87. The molecule has 1 aliphatic rings. The molecular weight excluding hydrogens is 214 g/mol. The van der Waals surface area contributed by atoms with Crippen molar-refractivity contribution in [3.05, 3.63) is 23.9 Å². The van der Waals surface area contributed by atoms with Gasteiger partial charge >= 0.3 is 0 Å². The van der Waals surface area contributed by atoms with E-state index in [-0.39, 0.29) is 12.0 Å². The number of halogens is 2. The predicted octanol–water partition coefficient (Wildman–Crippen LogP) is 1.74. The summed E-state index contributed by atoms with van der Waals surface area (Å²) in [7, 11) is 1.90. The zero-order chi connectivity index (χ0) is 11.5. The minimum atomic E-state index is -0.739. The Kier molecular flexibility index (Phi) is 3.33. The van der Waals surface area contributed by atoms with Gasteiger partial charge in [-0.2, -0.15) is 0 Å². The van der Waals surface area contributed by atoms with Crippen LogP contribution in [0.5, 0.6) is 5.88 Å². The maximum absolute atomic E-state index is 13.2. The predicted molar refractivity (Wildman–Crippen MR) is 55.2 cm³/mol. The van der Waals surface area contributed by atoms with Crippen LogP contribution in [0.3, 0.4) is 0 Å². The largest absolute Gasteiger partial charge is 0.472 e. The third kappa shape index (κ3) is 2.47. The molecule has 0 radical (unpaired) electrons. The molecule has 1 saturated carbocycles. The maximum atomic E-state index is 13.2. The monoisotopic (exact) mass is 228 g/mol. The topological polar surface area (TPSA) is 34.1 Å². The molecule has 0 aliphatic heterocycles. The van der Waals surface area contributed by atoms with Crippen molar-refractivity contribution >= 4 is 0 Å². The fraction of sp³-hybridized carbons (Fsp3) is 0.545. The molecule has 1 fully saturated rings. The van der Waals surface area contributed by atoms with Crippen molar-refractivity contribution in [2.24, 2.45) is 5.92 Å². The summed E-state index contributed by atoms with van der Waals surface area (Å²) in [5.41, 5.74) is 0. The normalized spacial score (nSPS) is 23.9. The summed E-state index contributed by atoms with van der Waals surface area (Å²) < 4.78 is 31.1. The van der Waals surface area contributed by atoms with Gasteiger partial charge in [0.2, 0.25) is 0 Å². The van der Waals surface area contributed by atoms with Crippen molar-refractivity contribution < 1.29 is 13.5 Å². The Morgan fingerprint density at radius 2 is 2.25 bits per heavy atom. The Morgan fingerprint density at radius 1 is 1.50 bits per heavy atom. The average molecular weight is 228 g/mol. The van der Waals surface area contributed by atoms with Crippen LogP contribution < -0.4 is 10.1 Å². The van der Waals surface area contributed by atoms with E-state index in [9.17, 15) is 8.78 Å². The molecule has 0 atom stereocenters. The zero-order valence-electron chi connectivity index (χ0n) is 9.04. The van der Waals surface area contributed by atoms with Crippen molar-refractivity contribution in [1.82, 2.24) is 10.3 Å². The van der Waals surface area contributed by atoms with Gasteiger partial charge in [-0.3, -0.25) is 0 Å². The smallest absolute Gasteiger partial charge is 0.250 e. The molecule has 5 heteroatoms. The molecule has 16 heavy (non-hydrogen) atoms. The molecule has 0 saturated heterocycles. The van der Waals surface area contributed by atoms with Crippen molar-refractivity contribution in [3.63, 3.8) is 0 Å². The summed E-state index contributed by atoms with van der Waals surface area (Å²) >= 11 is 0. The molecule has 1 aromatic rings. The van der Waals surface area contributed by atoms with Crippen LogP contribution in [-0.4, -0.2) is 24.7 Å². The minimum Gasteiger partial charge on any atom is -0.472 e. The Morgan fingerprint density at radius 3 is 2.88 bits per heavy atom. The quantitative estimate of drug-likeness (QED) is 0.852. The van der Waals surface area contributed by atoms with E-state index in [4.69, 9.17) is 4.74 Å². The van der Waals surface area contributed by atoms with Crippen molar-refractivity contribution in [2.75, 3.05) is 13.6 Å². The van der Waals surface area contributed by atoms with Gasteiger partial charge < -0.3 is 10.1 Å². The summed E-state index contributed by atoms with van der Waals surface area (Å²) in [5, 5.41) is 3.08. The lowest BCUT2D eigenvalue weighted by Gasteiger charge is -2.34. The first-order valence-electron chi connectivity index (χ1n) is 5.31. The van der Waals surface area contributed by atoms with E-state index in [1.807, 2.05) is 7.05 Å². The number of rotatable bonds is 4. The lowest BCUT2D eigenvalue weighted by Crippen LogP contribution is -2.39. The first kappa shape index (κ1) is 11.3. The summed E-state index contributed by atoms with van der Waals surface area (Å²) in [6.07, 6.45) is 2.74. The second-order valence-electron chi connectivity index (χ2n) is 4.08. The number of nitrogens with one attached hydrogen (secondary N) is 1. The second-order valence-corrected chi connectivity index (χ2v) is 4.08. The van der Waals surface area contributed by atoms with Gasteiger partial charge in [0, 0.05) is 6.07 Å². The average Bonchev–Trinajstić information content (AvgIpc) is 2.18. The van der Waals surface area contributed by atoms with E-state index >= 15 is 0 Å². The first-order chi connectivity index (χ1) is 7.69. The highest BCUT2D eigenvalue weighted by molar-refractivity contribution is 5.14. The standard InChI is InChI=1S/C11H14F2N2O/c1-14-5-7-2-9(3-7)16-11-10(13)4-8(12)6-15-11/h4,6-7,9,14H,2-3,5H2,1H3. The molecule has 0 spiro atoms. The van der Waals surface area contributed by atoms with Crippen molar-refractivity contribution in [2.45, 2.75) is 18.9 Å². The van der Waals surface area contributed by atoms with Crippen molar-refractivity contribution in [1.29, 1.82) is 0 Å². The van der Waals surface area contributed by atoms with Gasteiger partial charge in [0.05, 0.1) is 6.20 Å². The van der Waals surface area contributed by atoms with Gasteiger partial charge in [0.25, 0.3) is 5.88 Å². The number of aromatic nitrogens is 1. The van der Waals surface area contributed by atoms with Gasteiger partial charge in [-0.1, -0.05) is 0 Å². The third-order valence-corrected chi connectivity index (χ3v) is 2.74. The van der Waals surface area contributed by atoms with E-state index in [0.717, 1.165) is 31.6 Å². The van der Waals surface area contributed by atoms with Crippen LogP contribution in [0.15, 0.2) is 12.3 Å². The van der Waals surface area contributed by atoms with Crippen LogP contribution >= 0.6 is 0 Å². The highest BCUT2D eigenvalue weighted by Gasteiger charge is 2.31. The molecule has 0 amide bonds. The summed E-state index contributed by atoms with van der Waals surface area (Å²) in [4.78, 5) is 3.58. The van der Waals surface area contributed by atoms with Gasteiger partial charge in [-0.05, 0) is 32.4 Å². The highest BCUT2D eigenvalue weighted by atomic mass is 19.1. The van der Waals surface area contributed by atoms with E-state index in [2.05, 4.69) is 10.3 Å². The SMILES string of the molecule is CNCC1CC(Oc2ncc(F)cc2F)C1. The number of hydrogen-bond acceptors (Lipinski definition) is 3.